The highest BCUT2D eigenvalue weighted by Gasteiger charge is 2.25. The zero-order valence-corrected chi connectivity index (χ0v) is 13.2. The molecule has 1 aliphatic carbocycles. The monoisotopic (exact) mass is 341 g/mol. The van der Waals surface area contributed by atoms with Gasteiger partial charge in [0.2, 0.25) is 5.69 Å². The van der Waals surface area contributed by atoms with Crippen LogP contribution in [0.1, 0.15) is 28.0 Å². The number of ether oxygens (including phenoxy) is 2. The van der Waals surface area contributed by atoms with Gasteiger partial charge in [0.05, 0.1) is 17.2 Å². The first-order valence-electron chi connectivity index (χ1n) is 6.71. The van der Waals surface area contributed by atoms with Crippen LogP contribution in [0.2, 0.25) is 10.0 Å². The number of carbonyl (C=O) groups excluding carboxylic acids is 1. The van der Waals surface area contributed by atoms with E-state index in [0.29, 0.717) is 16.5 Å². The Hall–Kier alpha value is -1.79. The fraction of sp³-hybridized carbons (Fsp3) is 0.357. The summed E-state index contributed by atoms with van der Waals surface area (Å²) in [5, 5.41) is 10.9. The van der Waals surface area contributed by atoms with Crippen molar-refractivity contribution in [1.82, 2.24) is 15.4 Å². The standard InChI is InChI=1S/C14H13Cl2N3O3/c1-21-14(20)12-13(18-19-17-12)22-9-3-2-7-5-10(15)11(16)6-8(7)4-9/h5-6,9H,2-4H2,1H3,(H,17,18,19). The number of fused-ring (bicyclic) bond motifs is 1. The number of nitrogens with one attached hydrogen (secondary N) is 1. The first-order valence-corrected chi connectivity index (χ1v) is 7.47. The van der Waals surface area contributed by atoms with Crippen molar-refractivity contribution < 1.29 is 14.3 Å². The van der Waals surface area contributed by atoms with Crippen LogP contribution in [-0.4, -0.2) is 34.6 Å². The van der Waals surface area contributed by atoms with E-state index in [9.17, 15) is 4.79 Å². The van der Waals surface area contributed by atoms with Gasteiger partial charge in [0.25, 0.3) is 5.88 Å². The van der Waals surface area contributed by atoms with Crippen LogP contribution in [0.4, 0.5) is 0 Å². The van der Waals surface area contributed by atoms with E-state index in [-0.39, 0.29) is 17.7 Å². The molecule has 1 N–H and O–H groups in total. The molecule has 1 unspecified atom stereocenters. The summed E-state index contributed by atoms with van der Waals surface area (Å²) in [6, 6.07) is 3.75. The summed E-state index contributed by atoms with van der Waals surface area (Å²) in [5.41, 5.74) is 2.37. The van der Waals surface area contributed by atoms with Gasteiger partial charge < -0.3 is 9.47 Å². The molecule has 1 aromatic carbocycles. The first kappa shape index (κ1) is 15.1. The number of rotatable bonds is 3. The molecule has 0 bridgehead atoms. The molecule has 3 rings (SSSR count). The number of esters is 1. The second-order valence-electron chi connectivity index (χ2n) is 5.00. The smallest absolute Gasteiger partial charge is 0.361 e. The molecule has 2 aromatic rings. The van der Waals surface area contributed by atoms with E-state index in [1.807, 2.05) is 12.1 Å². The third-order valence-corrected chi connectivity index (χ3v) is 4.33. The average Bonchev–Trinajstić information content (AvgIpc) is 2.96. The molecule has 1 aromatic heterocycles. The first-order chi connectivity index (χ1) is 10.6. The van der Waals surface area contributed by atoms with Crippen molar-refractivity contribution in [2.24, 2.45) is 0 Å². The zero-order valence-electron chi connectivity index (χ0n) is 11.7. The Bertz CT molecular complexity index is 717. The molecule has 1 aliphatic rings. The summed E-state index contributed by atoms with van der Waals surface area (Å²) in [5.74, 6) is -0.411. The molecule has 0 fully saturated rings. The van der Waals surface area contributed by atoms with Gasteiger partial charge in [-0.25, -0.2) is 9.89 Å². The van der Waals surface area contributed by atoms with Gasteiger partial charge in [-0.2, -0.15) is 0 Å². The fourth-order valence-corrected chi connectivity index (χ4v) is 2.88. The number of nitrogens with zero attached hydrogens (tertiary/aromatic N) is 2. The Morgan fingerprint density at radius 1 is 1.32 bits per heavy atom. The molecule has 1 heterocycles. The molecule has 22 heavy (non-hydrogen) atoms. The third-order valence-electron chi connectivity index (χ3n) is 3.61. The number of aryl methyl sites for hydroxylation is 1. The Balaban J connectivity index is 1.77. The molecule has 116 valence electrons. The average molecular weight is 342 g/mol. The normalized spacial score (nSPS) is 17.0. The summed E-state index contributed by atoms with van der Waals surface area (Å²) in [7, 11) is 1.29. The number of hydrogen-bond acceptors (Lipinski definition) is 5. The number of carbonyl (C=O) groups is 1. The molecule has 0 saturated carbocycles. The van der Waals surface area contributed by atoms with Gasteiger partial charge in [-0.05, 0) is 36.1 Å². The summed E-state index contributed by atoms with van der Waals surface area (Å²) in [6.07, 6.45) is 2.17. The van der Waals surface area contributed by atoms with E-state index >= 15 is 0 Å². The third kappa shape index (κ3) is 2.89. The van der Waals surface area contributed by atoms with E-state index in [1.165, 1.54) is 12.7 Å². The fourth-order valence-electron chi connectivity index (χ4n) is 2.51. The summed E-state index contributed by atoms with van der Waals surface area (Å²) >= 11 is 12.1. The number of aromatic nitrogens is 3. The Morgan fingerprint density at radius 2 is 2.05 bits per heavy atom. The predicted octanol–water partition coefficient (Wildman–Crippen LogP) is 2.83. The van der Waals surface area contributed by atoms with Crippen LogP contribution in [0.15, 0.2) is 12.1 Å². The number of halogens is 2. The van der Waals surface area contributed by atoms with Crippen molar-refractivity contribution in [2.45, 2.75) is 25.4 Å². The van der Waals surface area contributed by atoms with Gasteiger partial charge in [0, 0.05) is 6.42 Å². The van der Waals surface area contributed by atoms with Gasteiger partial charge in [0.1, 0.15) is 6.10 Å². The highest BCUT2D eigenvalue weighted by atomic mass is 35.5. The van der Waals surface area contributed by atoms with Gasteiger partial charge >= 0.3 is 5.97 Å². The van der Waals surface area contributed by atoms with Crippen LogP contribution in [0.25, 0.3) is 0 Å². The quantitative estimate of drug-likeness (QED) is 0.868. The number of methoxy groups -OCH3 is 1. The lowest BCUT2D eigenvalue weighted by Crippen LogP contribution is -2.26. The maximum Gasteiger partial charge on any atom is 0.361 e. The number of benzene rings is 1. The zero-order chi connectivity index (χ0) is 15.7. The molecule has 0 amide bonds. The van der Waals surface area contributed by atoms with Gasteiger partial charge in [-0.3, -0.25) is 0 Å². The van der Waals surface area contributed by atoms with Crippen LogP contribution in [0.3, 0.4) is 0 Å². The van der Waals surface area contributed by atoms with Crippen LogP contribution in [-0.2, 0) is 17.6 Å². The SMILES string of the molecule is COC(=O)c1[nH]nnc1OC1CCc2cc(Cl)c(Cl)cc2C1. The minimum atomic E-state index is -0.564. The van der Waals surface area contributed by atoms with E-state index in [0.717, 1.165) is 18.4 Å². The molecule has 1 atom stereocenters. The van der Waals surface area contributed by atoms with Crippen molar-refractivity contribution in [3.05, 3.63) is 39.0 Å². The van der Waals surface area contributed by atoms with Crippen molar-refractivity contribution in [3.63, 3.8) is 0 Å². The van der Waals surface area contributed by atoms with Crippen LogP contribution >= 0.6 is 23.2 Å². The van der Waals surface area contributed by atoms with E-state index in [4.69, 9.17) is 27.9 Å². The molecule has 6 nitrogen and oxygen atoms in total. The molecule has 0 saturated heterocycles. The maximum atomic E-state index is 11.6. The molecule has 0 spiro atoms. The van der Waals surface area contributed by atoms with Gasteiger partial charge in [0.15, 0.2) is 0 Å². The van der Waals surface area contributed by atoms with Crippen LogP contribution in [0.5, 0.6) is 5.88 Å². The van der Waals surface area contributed by atoms with E-state index in [2.05, 4.69) is 20.1 Å². The molecular weight excluding hydrogens is 329 g/mol. The van der Waals surface area contributed by atoms with Crippen molar-refractivity contribution >= 4 is 29.2 Å². The summed E-state index contributed by atoms with van der Waals surface area (Å²) in [4.78, 5) is 11.6. The topological polar surface area (TPSA) is 77.1 Å². The second-order valence-corrected chi connectivity index (χ2v) is 5.82. The van der Waals surface area contributed by atoms with Gasteiger partial charge in [-0.1, -0.05) is 33.5 Å². The lowest BCUT2D eigenvalue weighted by Gasteiger charge is -2.25. The Morgan fingerprint density at radius 3 is 2.77 bits per heavy atom. The highest BCUT2D eigenvalue weighted by molar-refractivity contribution is 6.42. The number of H-pyrrole nitrogens is 1. The highest BCUT2D eigenvalue weighted by Crippen LogP contribution is 2.31. The minimum absolute atomic E-state index is 0.113. The Labute approximate surface area is 136 Å². The van der Waals surface area contributed by atoms with Crippen molar-refractivity contribution in [1.29, 1.82) is 0 Å². The molecule has 0 aliphatic heterocycles. The maximum absolute atomic E-state index is 11.6. The molecule has 8 heteroatoms. The summed E-state index contributed by atoms with van der Waals surface area (Å²) in [6.45, 7) is 0. The van der Waals surface area contributed by atoms with Crippen molar-refractivity contribution in [3.8, 4) is 5.88 Å². The minimum Gasteiger partial charge on any atom is -0.471 e. The predicted molar refractivity (Wildman–Crippen MR) is 80.6 cm³/mol. The number of hydrogen-bond donors (Lipinski definition) is 1. The largest absolute Gasteiger partial charge is 0.471 e. The lowest BCUT2D eigenvalue weighted by atomic mass is 9.90. The van der Waals surface area contributed by atoms with E-state index in [1.54, 1.807) is 0 Å². The van der Waals surface area contributed by atoms with Crippen LogP contribution in [0, 0.1) is 0 Å². The number of aromatic amines is 1. The second kappa shape index (κ2) is 6.14. The van der Waals surface area contributed by atoms with Crippen LogP contribution < -0.4 is 4.74 Å². The lowest BCUT2D eigenvalue weighted by molar-refractivity contribution is 0.0585. The van der Waals surface area contributed by atoms with Gasteiger partial charge in [-0.15, -0.1) is 0 Å². The Kier molecular flexibility index (Phi) is 4.22. The van der Waals surface area contributed by atoms with E-state index < -0.39 is 5.97 Å². The summed E-state index contributed by atoms with van der Waals surface area (Å²) < 4.78 is 10.4. The molecular formula is C14H13Cl2N3O3. The van der Waals surface area contributed by atoms with Crippen molar-refractivity contribution in [2.75, 3.05) is 7.11 Å². The molecule has 0 radical (unpaired) electrons.